The molecular weight excluding hydrogens is 369 g/mol. The third-order valence-electron chi connectivity index (χ3n) is 4.21. The first kappa shape index (κ1) is 20.8. The van der Waals surface area contributed by atoms with Crippen molar-refractivity contribution in [3.8, 4) is 0 Å². The van der Waals surface area contributed by atoms with Crippen LogP contribution in [0.25, 0.3) is 0 Å². The number of halogens is 1. The summed E-state index contributed by atoms with van der Waals surface area (Å²) in [7, 11) is 3.59. The lowest BCUT2D eigenvalue weighted by molar-refractivity contribution is -0.125. The summed E-state index contributed by atoms with van der Waals surface area (Å²) >= 11 is 1.28. The third kappa shape index (κ3) is 6.00. The van der Waals surface area contributed by atoms with Crippen LogP contribution in [0.5, 0.6) is 0 Å². The van der Waals surface area contributed by atoms with Gasteiger partial charge in [-0.25, -0.2) is 9.37 Å². The minimum absolute atomic E-state index is 0.0666. The average Bonchev–Trinajstić information content (AvgIpc) is 3.04. The molecule has 0 unspecified atom stereocenters. The van der Waals surface area contributed by atoms with Crippen LogP contribution in [0.2, 0.25) is 0 Å². The normalized spacial score (nSPS) is 13.2. The van der Waals surface area contributed by atoms with E-state index in [-0.39, 0.29) is 30.9 Å². The number of thiazole rings is 1. The van der Waals surface area contributed by atoms with E-state index in [1.807, 2.05) is 0 Å². The van der Waals surface area contributed by atoms with Gasteiger partial charge in [0.15, 0.2) is 5.13 Å². The van der Waals surface area contributed by atoms with Gasteiger partial charge in [-0.05, 0) is 38.7 Å². The molecule has 0 saturated heterocycles. The Morgan fingerprint density at radius 3 is 2.63 bits per heavy atom. The highest BCUT2D eigenvalue weighted by atomic mass is 32.1. The van der Waals surface area contributed by atoms with Gasteiger partial charge in [0.1, 0.15) is 5.82 Å². The van der Waals surface area contributed by atoms with Crippen molar-refractivity contribution in [2.75, 3.05) is 26.4 Å². The highest BCUT2D eigenvalue weighted by molar-refractivity contribution is 7.15. The molecule has 4 N–H and O–H groups in total. The van der Waals surface area contributed by atoms with E-state index >= 15 is 0 Å². The standard InChI is InChI=1S/C18H24FN5O2S/c1-11(24(2)3)16(25)22-10-15(12-5-4-6-13(19)7-12)17(26)21-8-14-9-23-18(20)27-14/h4-7,9,11,15H,8,10H2,1-3H3,(H2,20,23)(H,21,26)(H,22,25)/t11-,15-/m0/s1. The Balaban J connectivity index is 2.09. The van der Waals surface area contributed by atoms with Crippen LogP contribution in [-0.2, 0) is 16.1 Å². The van der Waals surface area contributed by atoms with Gasteiger partial charge >= 0.3 is 0 Å². The molecule has 0 spiro atoms. The summed E-state index contributed by atoms with van der Waals surface area (Å²) in [5.74, 6) is -1.67. The first-order chi connectivity index (χ1) is 12.8. The minimum Gasteiger partial charge on any atom is -0.375 e. The molecule has 2 aromatic rings. The van der Waals surface area contributed by atoms with E-state index in [0.29, 0.717) is 10.7 Å². The third-order valence-corrected chi connectivity index (χ3v) is 5.04. The number of carbonyl (C=O) groups excluding carboxylic acids is 2. The fourth-order valence-corrected chi connectivity index (χ4v) is 3.00. The monoisotopic (exact) mass is 393 g/mol. The van der Waals surface area contributed by atoms with Crippen molar-refractivity contribution in [2.45, 2.75) is 25.4 Å². The quantitative estimate of drug-likeness (QED) is 0.628. The van der Waals surface area contributed by atoms with Crippen molar-refractivity contribution < 1.29 is 14.0 Å². The van der Waals surface area contributed by atoms with Crippen molar-refractivity contribution in [1.29, 1.82) is 0 Å². The number of amides is 2. The van der Waals surface area contributed by atoms with Crippen LogP contribution in [0.15, 0.2) is 30.5 Å². The van der Waals surface area contributed by atoms with Crippen LogP contribution in [0, 0.1) is 5.82 Å². The molecule has 1 aromatic carbocycles. The molecule has 0 aliphatic rings. The Morgan fingerprint density at radius 1 is 1.30 bits per heavy atom. The predicted octanol–water partition coefficient (Wildman–Crippen LogP) is 1.33. The van der Waals surface area contributed by atoms with E-state index in [1.165, 1.54) is 23.5 Å². The lowest BCUT2D eigenvalue weighted by Crippen LogP contribution is -2.44. The molecule has 1 heterocycles. The molecule has 0 aliphatic carbocycles. The molecule has 2 amide bonds. The molecule has 146 valence electrons. The Morgan fingerprint density at radius 2 is 2.04 bits per heavy atom. The van der Waals surface area contributed by atoms with Crippen molar-refractivity contribution in [2.24, 2.45) is 0 Å². The van der Waals surface area contributed by atoms with Crippen molar-refractivity contribution in [1.82, 2.24) is 20.5 Å². The second-order valence-corrected chi connectivity index (χ2v) is 7.52. The van der Waals surface area contributed by atoms with E-state index in [4.69, 9.17) is 5.73 Å². The first-order valence-corrected chi connectivity index (χ1v) is 9.27. The molecule has 27 heavy (non-hydrogen) atoms. The number of nitrogen functional groups attached to an aromatic ring is 1. The Kier molecular flexibility index (Phi) is 7.26. The van der Waals surface area contributed by atoms with Gasteiger partial charge in [-0.15, -0.1) is 11.3 Å². The van der Waals surface area contributed by atoms with Gasteiger partial charge in [0.2, 0.25) is 11.8 Å². The zero-order valence-corrected chi connectivity index (χ0v) is 16.3. The van der Waals surface area contributed by atoms with Crippen LogP contribution in [0.4, 0.5) is 9.52 Å². The van der Waals surface area contributed by atoms with Crippen LogP contribution in [0.3, 0.4) is 0 Å². The second-order valence-electron chi connectivity index (χ2n) is 6.37. The summed E-state index contributed by atoms with van der Waals surface area (Å²) in [5, 5.41) is 5.99. The molecule has 2 atom stereocenters. The number of anilines is 1. The minimum atomic E-state index is -0.718. The Bertz CT molecular complexity index is 796. The van der Waals surface area contributed by atoms with Gasteiger partial charge in [-0.2, -0.15) is 0 Å². The predicted molar refractivity (Wildman–Crippen MR) is 104 cm³/mol. The largest absolute Gasteiger partial charge is 0.375 e. The maximum absolute atomic E-state index is 13.6. The maximum atomic E-state index is 13.6. The van der Waals surface area contributed by atoms with Gasteiger partial charge in [0.25, 0.3) is 0 Å². The zero-order valence-electron chi connectivity index (χ0n) is 15.5. The SMILES string of the molecule is C[C@@H](C(=O)NC[C@H](C(=O)NCc1cnc(N)s1)c1cccc(F)c1)N(C)C. The highest BCUT2D eigenvalue weighted by Gasteiger charge is 2.23. The number of aromatic nitrogens is 1. The number of benzene rings is 1. The molecule has 0 fully saturated rings. The smallest absolute Gasteiger partial charge is 0.237 e. The highest BCUT2D eigenvalue weighted by Crippen LogP contribution is 2.18. The van der Waals surface area contributed by atoms with Gasteiger partial charge < -0.3 is 16.4 Å². The van der Waals surface area contributed by atoms with Gasteiger partial charge in [-0.3, -0.25) is 14.5 Å². The number of carbonyl (C=O) groups is 2. The van der Waals surface area contributed by atoms with E-state index in [9.17, 15) is 14.0 Å². The lowest BCUT2D eigenvalue weighted by atomic mass is 9.97. The fourth-order valence-electron chi connectivity index (χ4n) is 2.37. The van der Waals surface area contributed by atoms with Crippen molar-refractivity contribution in [3.63, 3.8) is 0 Å². The summed E-state index contributed by atoms with van der Waals surface area (Å²) in [4.78, 5) is 31.4. The number of nitrogens with two attached hydrogens (primary N) is 1. The number of hydrogen-bond acceptors (Lipinski definition) is 6. The number of rotatable bonds is 8. The number of likely N-dealkylation sites (N-methyl/N-ethyl adjacent to an activating group) is 1. The van der Waals surface area contributed by atoms with Crippen LogP contribution in [0.1, 0.15) is 23.3 Å². The summed E-state index contributed by atoms with van der Waals surface area (Å²) in [6.07, 6.45) is 1.60. The molecule has 1 aromatic heterocycles. The summed E-state index contributed by atoms with van der Waals surface area (Å²) < 4.78 is 13.6. The van der Waals surface area contributed by atoms with Gasteiger partial charge in [0, 0.05) is 17.6 Å². The Hall–Kier alpha value is -2.52. The van der Waals surface area contributed by atoms with E-state index in [0.717, 1.165) is 4.88 Å². The van der Waals surface area contributed by atoms with Crippen molar-refractivity contribution >= 4 is 28.3 Å². The summed E-state index contributed by atoms with van der Waals surface area (Å²) in [6, 6.07) is 5.47. The topological polar surface area (TPSA) is 100 Å². The van der Waals surface area contributed by atoms with Crippen LogP contribution in [-0.4, -0.2) is 48.4 Å². The molecule has 9 heteroatoms. The van der Waals surface area contributed by atoms with E-state index < -0.39 is 11.7 Å². The lowest BCUT2D eigenvalue weighted by Gasteiger charge is -2.22. The number of nitrogens with one attached hydrogen (secondary N) is 2. The zero-order chi connectivity index (χ0) is 20.0. The molecule has 0 saturated carbocycles. The summed E-state index contributed by atoms with van der Waals surface area (Å²) in [5.41, 5.74) is 6.08. The Labute approximate surface area is 161 Å². The first-order valence-electron chi connectivity index (χ1n) is 8.45. The van der Waals surface area contributed by atoms with Crippen LogP contribution < -0.4 is 16.4 Å². The number of hydrogen-bond donors (Lipinski definition) is 3. The number of nitrogens with zero attached hydrogens (tertiary/aromatic N) is 2. The second kappa shape index (κ2) is 9.43. The van der Waals surface area contributed by atoms with Crippen molar-refractivity contribution in [3.05, 3.63) is 46.7 Å². The van der Waals surface area contributed by atoms with E-state index in [1.54, 1.807) is 44.2 Å². The maximum Gasteiger partial charge on any atom is 0.237 e. The van der Waals surface area contributed by atoms with E-state index in [2.05, 4.69) is 15.6 Å². The molecule has 2 rings (SSSR count). The van der Waals surface area contributed by atoms with Gasteiger partial charge in [-0.1, -0.05) is 12.1 Å². The van der Waals surface area contributed by atoms with Gasteiger partial charge in [0.05, 0.1) is 18.5 Å². The molecule has 0 bridgehead atoms. The average molecular weight is 393 g/mol. The fraction of sp³-hybridized carbons (Fsp3) is 0.389. The molecule has 0 aliphatic heterocycles. The van der Waals surface area contributed by atoms with Crippen LogP contribution >= 0.6 is 11.3 Å². The molecule has 7 nitrogen and oxygen atoms in total. The molecule has 0 radical (unpaired) electrons. The molecular formula is C18H24FN5O2S. The summed E-state index contributed by atoms with van der Waals surface area (Å²) in [6.45, 7) is 2.10.